The molecule has 3 rings (SSSR count). The van der Waals surface area contributed by atoms with Gasteiger partial charge in [0.15, 0.2) is 0 Å². The summed E-state index contributed by atoms with van der Waals surface area (Å²) in [5, 5.41) is 12.8. The predicted molar refractivity (Wildman–Crippen MR) is 72.0 cm³/mol. The minimum absolute atomic E-state index is 0.331. The highest BCUT2D eigenvalue weighted by atomic mass is 35.5. The lowest BCUT2D eigenvalue weighted by atomic mass is 10.1. The summed E-state index contributed by atoms with van der Waals surface area (Å²) in [4.78, 5) is 0. The third-order valence-electron chi connectivity index (χ3n) is 3.16. The molecule has 0 spiro atoms. The lowest BCUT2D eigenvalue weighted by Crippen LogP contribution is -2.15. The van der Waals surface area contributed by atoms with Crippen molar-refractivity contribution in [1.29, 1.82) is 0 Å². The molecule has 94 valence electrons. The van der Waals surface area contributed by atoms with Crippen molar-refractivity contribution in [2.24, 2.45) is 0 Å². The number of nitrogens with zero attached hydrogens (tertiary/aromatic N) is 3. The number of benzene rings is 1. The third-order valence-corrected chi connectivity index (χ3v) is 3.72. The Hall–Kier alpha value is -1.10. The van der Waals surface area contributed by atoms with Crippen LogP contribution in [-0.4, -0.2) is 28.1 Å². The molecule has 0 aliphatic carbocycles. The Balaban J connectivity index is 2.06. The van der Waals surface area contributed by atoms with Crippen molar-refractivity contribution in [3.63, 3.8) is 0 Å². The third kappa shape index (κ3) is 2.11. The van der Waals surface area contributed by atoms with E-state index in [2.05, 4.69) is 15.6 Å². The second-order valence-electron chi connectivity index (χ2n) is 4.33. The van der Waals surface area contributed by atoms with E-state index in [0.717, 1.165) is 30.8 Å². The van der Waals surface area contributed by atoms with Crippen molar-refractivity contribution in [2.45, 2.75) is 12.5 Å². The molecule has 2 aromatic rings. The van der Waals surface area contributed by atoms with E-state index in [1.165, 1.54) is 0 Å². The van der Waals surface area contributed by atoms with E-state index in [0.29, 0.717) is 16.1 Å². The van der Waals surface area contributed by atoms with Gasteiger partial charge in [-0.15, -0.1) is 5.10 Å². The van der Waals surface area contributed by atoms with Gasteiger partial charge >= 0.3 is 0 Å². The zero-order valence-electron chi connectivity index (χ0n) is 9.61. The van der Waals surface area contributed by atoms with Gasteiger partial charge < -0.3 is 5.32 Å². The second-order valence-corrected chi connectivity index (χ2v) is 5.18. The fraction of sp³-hybridized carbons (Fsp3) is 0.333. The number of hydrogen-bond donors (Lipinski definition) is 1. The number of aromatic nitrogens is 3. The molecule has 0 saturated carbocycles. The summed E-state index contributed by atoms with van der Waals surface area (Å²) in [6.45, 7) is 1.92. The molecular formula is C12H12Cl2N4. The fourth-order valence-electron chi connectivity index (χ4n) is 2.25. The Kier molecular flexibility index (Phi) is 3.24. The molecule has 0 amide bonds. The summed E-state index contributed by atoms with van der Waals surface area (Å²) in [5.74, 6) is 0. The van der Waals surface area contributed by atoms with Crippen LogP contribution in [0, 0.1) is 0 Å². The van der Waals surface area contributed by atoms with Gasteiger partial charge in [0.2, 0.25) is 0 Å². The Morgan fingerprint density at radius 1 is 1.33 bits per heavy atom. The van der Waals surface area contributed by atoms with E-state index in [9.17, 15) is 0 Å². The molecule has 1 unspecified atom stereocenters. The van der Waals surface area contributed by atoms with Crippen LogP contribution in [0.2, 0.25) is 10.0 Å². The van der Waals surface area contributed by atoms with E-state index in [1.807, 2.05) is 10.7 Å². The first-order valence-corrected chi connectivity index (χ1v) is 6.57. The number of rotatable bonds is 2. The van der Waals surface area contributed by atoms with Gasteiger partial charge in [0.1, 0.15) is 0 Å². The molecule has 1 atom stereocenters. The molecule has 1 aliphatic rings. The van der Waals surface area contributed by atoms with Crippen molar-refractivity contribution < 1.29 is 0 Å². The minimum Gasteiger partial charge on any atom is -0.315 e. The first-order chi connectivity index (χ1) is 8.75. The molecule has 0 bridgehead atoms. The van der Waals surface area contributed by atoms with Gasteiger partial charge in [-0.3, -0.25) is 0 Å². The molecule has 4 nitrogen and oxygen atoms in total. The van der Waals surface area contributed by atoms with Gasteiger partial charge in [0.05, 0.1) is 23.0 Å². The molecule has 1 N–H and O–H groups in total. The highest BCUT2D eigenvalue weighted by Gasteiger charge is 2.21. The summed E-state index contributed by atoms with van der Waals surface area (Å²) in [6, 6.07) is 5.75. The van der Waals surface area contributed by atoms with E-state index < -0.39 is 0 Å². The SMILES string of the molecule is Clc1ccc(Cl)c(-c2cnnn2C2CCNC2)c1. The largest absolute Gasteiger partial charge is 0.315 e. The average molecular weight is 283 g/mol. The van der Waals surface area contributed by atoms with Crippen LogP contribution in [0.15, 0.2) is 24.4 Å². The van der Waals surface area contributed by atoms with Crippen LogP contribution in [0.1, 0.15) is 12.5 Å². The Labute approximate surface area is 115 Å². The highest BCUT2D eigenvalue weighted by molar-refractivity contribution is 6.35. The quantitative estimate of drug-likeness (QED) is 0.921. The van der Waals surface area contributed by atoms with Gasteiger partial charge in [-0.25, -0.2) is 4.68 Å². The fourth-order valence-corrected chi connectivity index (χ4v) is 2.63. The van der Waals surface area contributed by atoms with Crippen LogP contribution in [0.5, 0.6) is 0 Å². The molecular weight excluding hydrogens is 271 g/mol. The van der Waals surface area contributed by atoms with E-state index in [-0.39, 0.29) is 0 Å². The normalized spacial score (nSPS) is 19.3. The van der Waals surface area contributed by atoms with Crippen molar-refractivity contribution in [1.82, 2.24) is 20.3 Å². The van der Waals surface area contributed by atoms with Crippen molar-refractivity contribution in [3.8, 4) is 11.3 Å². The van der Waals surface area contributed by atoms with E-state index in [4.69, 9.17) is 23.2 Å². The van der Waals surface area contributed by atoms with Crippen molar-refractivity contribution in [2.75, 3.05) is 13.1 Å². The maximum absolute atomic E-state index is 6.22. The lowest BCUT2D eigenvalue weighted by molar-refractivity contribution is 0.481. The van der Waals surface area contributed by atoms with Crippen LogP contribution in [0.4, 0.5) is 0 Å². The van der Waals surface area contributed by atoms with Crippen LogP contribution in [0.25, 0.3) is 11.3 Å². The molecule has 1 aromatic heterocycles. The molecule has 1 saturated heterocycles. The molecule has 18 heavy (non-hydrogen) atoms. The first kappa shape index (κ1) is 12.0. The Morgan fingerprint density at radius 3 is 3.00 bits per heavy atom. The van der Waals surface area contributed by atoms with Crippen molar-refractivity contribution in [3.05, 3.63) is 34.4 Å². The highest BCUT2D eigenvalue weighted by Crippen LogP contribution is 2.32. The zero-order chi connectivity index (χ0) is 12.5. The average Bonchev–Trinajstić information content (AvgIpc) is 3.00. The Morgan fingerprint density at radius 2 is 2.22 bits per heavy atom. The van der Waals surface area contributed by atoms with Gasteiger partial charge in [-0.2, -0.15) is 0 Å². The topological polar surface area (TPSA) is 42.7 Å². The standard InChI is InChI=1S/C12H12Cl2N4/c13-8-1-2-11(14)10(5-8)12-7-16-17-18(12)9-3-4-15-6-9/h1-2,5,7,9,15H,3-4,6H2. The van der Waals surface area contributed by atoms with Crippen molar-refractivity contribution >= 4 is 23.2 Å². The van der Waals surface area contributed by atoms with Gasteiger partial charge in [0.25, 0.3) is 0 Å². The lowest BCUT2D eigenvalue weighted by Gasteiger charge is -2.13. The zero-order valence-corrected chi connectivity index (χ0v) is 11.1. The molecule has 1 aliphatic heterocycles. The van der Waals surface area contributed by atoms with Crippen LogP contribution in [0.3, 0.4) is 0 Å². The maximum atomic E-state index is 6.22. The van der Waals surface area contributed by atoms with Gasteiger partial charge in [-0.05, 0) is 31.2 Å². The number of hydrogen-bond acceptors (Lipinski definition) is 3. The number of halogens is 2. The second kappa shape index (κ2) is 4.88. The monoisotopic (exact) mass is 282 g/mol. The van der Waals surface area contributed by atoms with Crippen LogP contribution in [-0.2, 0) is 0 Å². The molecule has 2 heterocycles. The molecule has 1 aromatic carbocycles. The molecule has 6 heteroatoms. The van der Waals surface area contributed by atoms with Crippen LogP contribution >= 0.6 is 23.2 Å². The number of nitrogens with one attached hydrogen (secondary N) is 1. The van der Waals surface area contributed by atoms with Crippen LogP contribution < -0.4 is 5.32 Å². The smallest absolute Gasteiger partial charge is 0.0904 e. The van der Waals surface area contributed by atoms with Gasteiger partial charge in [0, 0.05) is 17.1 Å². The summed E-state index contributed by atoms with van der Waals surface area (Å²) in [6.07, 6.45) is 2.78. The summed E-state index contributed by atoms with van der Waals surface area (Å²) < 4.78 is 1.93. The summed E-state index contributed by atoms with van der Waals surface area (Å²) in [5.41, 5.74) is 1.79. The molecule has 1 fully saturated rings. The van der Waals surface area contributed by atoms with E-state index >= 15 is 0 Å². The summed E-state index contributed by atoms with van der Waals surface area (Å²) >= 11 is 12.2. The Bertz CT molecular complexity index is 561. The first-order valence-electron chi connectivity index (χ1n) is 5.82. The maximum Gasteiger partial charge on any atom is 0.0904 e. The van der Waals surface area contributed by atoms with E-state index in [1.54, 1.807) is 18.3 Å². The summed E-state index contributed by atoms with van der Waals surface area (Å²) in [7, 11) is 0. The predicted octanol–water partition coefficient (Wildman–Crippen LogP) is 2.79. The molecule has 0 radical (unpaired) electrons. The van der Waals surface area contributed by atoms with Gasteiger partial charge in [-0.1, -0.05) is 28.4 Å². The minimum atomic E-state index is 0.331.